The molecule has 0 unspecified atom stereocenters. The van der Waals surface area contributed by atoms with Crippen molar-refractivity contribution in [2.45, 2.75) is 31.7 Å². The third-order valence-corrected chi connectivity index (χ3v) is 5.37. The maximum atomic E-state index is 8.80. The van der Waals surface area contributed by atoms with Gasteiger partial charge in [-0.15, -0.1) is 0 Å². The summed E-state index contributed by atoms with van der Waals surface area (Å²) in [6, 6.07) is 8.55. The number of nitrogens with zero attached hydrogens (tertiary/aromatic N) is 5. The minimum Gasteiger partial charge on any atom is -0.371 e. The number of anilines is 3. The molecule has 0 spiro atoms. The average molecular weight is 388 g/mol. The minimum atomic E-state index is 0.428. The Morgan fingerprint density at radius 3 is 2.59 bits per heavy atom. The summed E-state index contributed by atoms with van der Waals surface area (Å²) >= 11 is 0. The topological polar surface area (TPSA) is 111 Å². The third kappa shape index (κ3) is 4.51. The maximum absolute atomic E-state index is 8.80. The normalized spacial score (nSPS) is 18.8. The number of aromatic nitrogens is 4. The molecule has 3 aromatic rings. The molecule has 0 saturated heterocycles. The van der Waals surface area contributed by atoms with Crippen LogP contribution in [0.5, 0.6) is 0 Å². The molecule has 1 aliphatic carbocycles. The van der Waals surface area contributed by atoms with Gasteiger partial charge in [-0.2, -0.15) is 5.26 Å². The molecular formula is C21H24N8. The molecule has 0 radical (unpaired) electrons. The van der Waals surface area contributed by atoms with Gasteiger partial charge < -0.3 is 16.0 Å². The smallest absolute Gasteiger partial charge is 0.222 e. The first-order valence-corrected chi connectivity index (χ1v) is 9.91. The fraction of sp³-hybridized carbons (Fsp3) is 0.381. The predicted molar refractivity (Wildman–Crippen MR) is 114 cm³/mol. The number of hydrogen-bond acceptors (Lipinski definition) is 8. The minimum absolute atomic E-state index is 0.428. The second-order valence-corrected chi connectivity index (χ2v) is 7.33. The first-order valence-electron chi connectivity index (χ1n) is 9.91. The molecule has 1 fully saturated rings. The monoisotopic (exact) mass is 388 g/mol. The van der Waals surface area contributed by atoms with Crippen molar-refractivity contribution in [3.8, 4) is 6.07 Å². The van der Waals surface area contributed by atoms with Crippen LogP contribution in [-0.4, -0.2) is 39.6 Å². The summed E-state index contributed by atoms with van der Waals surface area (Å²) < 4.78 is 0. The highest BCUT2D eigenvalue weighted by Crippen LogP contribution is 2.27. The van der Waals surface area contributed by atoms with E-state index < -0.39 is 0 Å². The summed E-state index contributed by atoms with van der Waals surface area (Å²) in [6.07, 6.45) is 9.36. The lowest BCUT2D eigenvalue weighted by Gasteiger charge is -2.29. The number of nitrogens with one attached hydrogen (secondary N) is 3. The Morgan fingerprint density at radius 2 is 1.86 bits per heavy atom. The highest BCUT2D eigenvalue weighted by molar-refractivity contribution is 5.89. The van der Waals surface area contributed by atoms with Crippen molar-refractivity contribution in [3.05, 3.63) is 42.4 Å². The molecule has 0 atom stereocenters. The van der Waals surface area contributed by atoms with Crippen LogP contribution < -0.4 is 16.0 Å². The van der Waals surface area contributed by atoms with Crippen LogP contribution in [0.1, 0.15) is 31.2 Å². The van der Waals surface area contributed by atoms with Gasteiger partial charge in [0.1, 0.15) is 17.4 Å². The SMILES string of the molecule is CNc1nccc2ccc(N[C@H]3CC[C@H](CNc4ncc(C#N)cn4)CC3)nc12. The molecule has 8 nitrogen and oxygen atoms in total. The van der Waals surface area contributed by atoms with E-state index in [1.165, 1.54) is 0 Å². The molecule has 29 heavy (non-hydrogen) atoms. The lowest BCUT2D eigenvalue weighted by molar-refractivity contribution is 0.350. The van der Waals surface area contributed by atoms with E-state index in [0.29, 0.717) is 23.5 Å². The zero-order valence-electron chi connectivity index (χ0n) is 16.4. The zero-order valence-corrected chi connectivity index (χ0v) is 16.4. The van der Waals surface area contributed by atoms with Crippen molar-refractivity contribution in [1.29, 1.82) is 5.26 Å². The molecule has 0 aliphatic heterocycles. The molecule has 8 heteroatoms. The second-order valence-electron chi connectivity index (χ2n) is 7.33. The van der Waals surface area contributed by atoms with E-state index in [-0.39, 0.29) is 0 Å². The van der Waals surface area contributed by atoms with Gasteiger partial charge in [0, 0.05) is 31.2 Å². The van der Waals surface area contributed by atoms with Crippen molar-refractivity contribution in [2.24, 2.45) is 5.92 Å². The van der Waals surface area contributed by atoms with Crippen LogP contribution in [0.4, 0.5) is 17.6 Å². The molecule has 0 aromatic carbocycles. The van der Waals surface area contributed by atoms with E-state index in [9.17, 15) is 0 Å². The van der Waals surface area contributed by atoms with Crippen molar-refractivity contribution in [1.82, 2.24) is 19.9 Å². The van der Waals surface area contributed by atoms with Crippen molar-refractivity contribution >= 4 is 28.5 Å². The summed E-state index contributed by atoms with van der Waals surface area (Å²) in [5.74, 6) is 2.87. The lowest BCUT2D eigenvalue weighted by atomic mass is 9.86. The van der Waals surface area contributed by atoms with Crippen LogP contribution in [0.2, 0.25) is 0 Å². The number of pyridine rings is 2. The Bertz CT molecular complexity index is 1000. The number of hydrogen-bond donors (Lipinski definition) is 3. The Kier molecular flexibility index (Phi) is 5.66. The van der Waals surface area contributed by atoms with E-state index in [0.717, 1.165) is 54.8 Å². The number of rotatable bonds is 6. The van der Waals surface area contributed by atoms with Crippen LogP contribution in [0, 0.1) is 17.2 Å². The largest absolute Gasteiger partial charge is 0.371 e. The van der Waals surface area contributed by atoms with Gasteiger partial charge in [0.25, 0.3) is 0 Å². The van der Waals surface area contributed by atoms with Gasteiger partial charge in [-0.25, -0.2) is 19.9 Å². The van der Waals surface area contributed by atoms with Gasteiger partial charge >= 0.3 is 0 Å². The lowest BCUT2D eigenvalue weighted by Crippen LogP contribution is -2.29. The maximum Gasteiger partial charge on any atom is 0.222 e. The highest BCUT2D eigenvalue weighted by atomic mass is 15.1. The molecule has 0 bridgehead atoms. The Hall–Kier alpha value is -3.47. The van der Waals surface area contributed by atoms with Gasteiger partial charge in [0.2, 0.25) is 5.95 Å². The number of fused-ring (bicyclic) bond motifs is 1. The van der Waals surface area contributed by atoms with Gasteiger partial charge in [-0.1, -0.05) is 0 Å². The molecule has 1 aliphatic rings. The predicted octanol–water partition coefficient (Wildman–Crippen LogP) is 3.42. The van der Waals surface area contributed by atoms with Crippen LogP contribution in [-0.2, 0) is 0 Å². The molecule has 148 valence electrons. The van der Waals surface area contributed by atoms with Crippen LogP contribution in [0.25, 0.3) is 10.9 Å². The van der Waals surface area contributed by atoms with E-state index in [4.69, 9.17) is 10.2 Å². The highest BCUT2D eigenvalue weighted by Gasteiger charge is 2.21. The standard InChI is InChI=1S/C21H24N8/c1-23-20-19-16(8-9-24-20)4-7-18(29-19)28-17-5-2-14(3-6-17)11-25-21-26-12-15(10-22)13-27-21/h4,7-9,12-14,17H,2-3,5-6,11H2,1H3,(H,23,24)(H,28,29)(H,25,26,27)/t14-,17-. The Morgan fingerprint density at radius 1 is 1.07 bits per heavy atom. The fourth-order valence-corrected chi connectivity index (χ4v) is 3.74. The van der Waals surface area contributed by atoms with Crippen LogP contribution in [0.3, 0.4) is 0 Å². The van der Waals surface area contributed by atoms with E-state index in [1.54, 1.807) is 18.6 Å². The molecule has 1 saturated carbocycles. The second kappa shape index (κ2) is 8.69. The van der Waals surface area contributed by atoms with E-state index in [2.05, 4.69) is 37.0 Å². The average Bonchev–Trinajstić information content (AvgIpc) is 2.78. The summed E-state index contributed by atoms with van der Waals surface area (Å²) in [7, 11) is 1.86. The third-order valence-electron chi connectivity index (χ3n) is 5.37. The quantitative estimate of drug-likeness (QED) is 0.589. The Balaban J connectivity index is 1.29. The zero-order chi connectivity index (χ0) is 20.1. The van der Waals surface area contributed by atoms with E-state index >= 15 is 0 Å². The molecule has 0 amide bonds. The molecular weight excluding hydrogens is 364 g/mol. The Labute approximate surface area is 169 Å². The number of nitriles is 1. The first-order chi connectivity index (χ1) is 14.2. The molecule has 3 N–H and O–H groups in total. The first kappa shape index (κ1) is 18.9. The van der Waals surface area contributed by atoms with Gasteiger partial charge in [-0.3, -0.25) is 0 Å². The molecule has 4 rings (SSSR count). The van der Waals surface area contributed by atoms with Crippen molar-refractivity contribution in [3.63, 3.8) is 0 Å². The summed E-state index contributed by atoms with van der Waals surface area (Å²) in [5, 5.41) is 19.9. The summed E-state index contributed by atoms with van der Waals surface area (Å²) in [4.78, 5) is 17.4. The molecule has 3 aromatic heterocycles. The van der Waals surface area contributed by atoms with Gasteiger partial charge in [-0.05, 0) is 49.8 Å². The summed E-state index contributed by atoms with van der Waals surface area (Å²) in [6.45, 7) is 0.851. The molecule has 3 heterocycles. The van der Waals surface area contributed by atoms with Crippen molar-refractivity contribution < 1.29 is 0 Å². The van der Waals surface area contributed by atoms with Gasteiger partial charge in [0.05, 0.1) is 18.0 Å². The van der Waals surface area contributed by atoms with Crippen LogP contribution in [0.15, 0.2) is 36.8 Å². The van der Waals surface area contributed by atoms with E-state index in [1.807, 2.05) is 25.2 Å². The van der Waals surface area contributed by atoms with Crippen molar-refractivity contribution in [2.75, 3.05) is 29.5 Å². The fourth-order valence-electron chi connectivity index (χ4n) is 3.74. The summed E-state index contributed by atoms with van der Waals surface area (Å²) in [5.41, 5.74) is 1.36. The van der Waals surface area contributed by atoms with Gasteiger partial charge in [0.15, 0.2) is 5.82 Å². The van der Waals surface area contributed by atoms with Crippen LogP contribution >= 0.6 is 0 Å².